The van der Waals surface area contributed by atoms with Crippen LogP contribution in [0.2, 0.25) is 0 Å². The van der Waals surface area contributed by atoms with Crippen LogP contribution < -0.4 is 5.32 Å². The first-order valence-corrected chi connectivity index (χ1v) is 10.2. The van der Waals surface area contributed by atoms with Crippen LogP contribution in [-0.4, -0.2) is 43.5 Å². The van der Waals surface area contributed by atoms with Gasteiger partial charge in [-0.15, -0.1) is 5.10 Å². The first-order chi connectivity index (χ1) is 12.5. The van der Waals surface area contributed by atoms with Crippen LogP contribution in [0.25, 0.3) is 11.4 Å². The quantitative estimate of drug-likeness (QED) is 0.665. The minimum absolute atomic E-state index is 0.00705. The van der Waals surface area contributed by atoms with Crippen LogP contribution in [-0.2, 0) is 20.0 Å². The Hall–Kier alpha value is -1.71. The molecule has 0 bridgehead atoms. The van der Waals surface area contributed by atoms with Crippen molar-refractivity contribution in [2.45, 2.75) is 45.2 Å². The third-order valence-electron chi connectivity index (χ3n) is 5.15. The molecule has 1 unspecified atom stereocenters. The molecule has 2 aromatic heterocycles. The van der Waals surface area contributed by atoms with E-state index in [1.165, 1.54) is 12.8 Å². The Bertz CT molecular complexity index is 831. The number of carbonyl (C=O) groups is 1. The molecule has 1 aliphatic heterocycles. The van der Waals surface area contributed by atoms with Crippen molar-refractivity contribution in [1.82, 2.24) is 30.2 Å². The van der Waals surface area contributed by atoms with E-state index in [4.69, 9.17) is 4.98 Å². The van der Waals surface area contributed by atoms with Crippen molar-refractivity contribution in [3.05, 3.63) is 27.1 Å². The first-order valence-electron chi connectivity index (χ1n) is 9.15. The monoisotopic (exact) mass is 466 g/mol. The van der Waals surface area contributed by atoms with Gasteiger partial charge in [-0.05, 0) is 53.5 Å². The van der Waals surface area contributed by atoms with E-state index in [1.807, 2.05) is 18.0 Å². The molecule has 1 N–H and O–H groups in total. The second-order valence-corrected chi connectivity index (χ2v) is 8.36. The fourth-order valence-electron chi connectivity index (χ4n) is 3.48. The van der Waals surface area contributed by atoms with Gasteiger partial charge in [0, 0.05) is 23.2 Å². The van der Waals surface area contributed by atoms with Gasteiger partial charge in [0.15, 0.2) is 0 Å². The Morgan fingerprint density at radius 2 is 2.15 bits per heavy atom. The number of hydrogen-bond donors (Lipinski definition) is 1. The van der Waals surface area contributed by atoms with E-state index < -0.39 is 0 Å². The van der Waals surface area contributed by atoms with Gasteiger partial charge >= 0.3 is 6.03 Å². The average molecular weight is 466 g/mol. The second kappa shape index (κ2) is 7.13. The zero-order valence-corrected chi connectivity index (χ0v) is 17.2. The number of hydrogen-bond acceptors (Lipinski definition) is 4. The Balaban J connectivity index is 1.56. The van der Waals surface area contributed by atoms with Crippen molar-refractivity contribution in [3.63, 3.8) is 0 Å². The van der Waals surface area contributed by atoms with Crippen LogP contribution >= 0.6 is 22.6 Å². The van der Waals surface area contributed by atoms with E-state index in [-0.39, 0.29) is 12.1 Å². The lowest BCUT2D eigenvalue weighted by atomic mass is 10.1. The van der Waals surface area contributed by atoms with Crippen molar-refractivity contribution < 1.29 is 4.79 Å². The summed E-state index contributed by atoms with van der Waals surface area (Å²) in [4.78, 5) is 19.0. The van der Waals surface area contributed by atoms with Gasteiger partial charge in [0.25, 0.3) is 0 Å². The molecule has 4 rings (SSSR count). The minimum Gasteiger partial charge on any atom is -0.333 e. The van der Waals surface area contributed by atoms with Crippen LogP contribution in [0.5, 0.6) is 0 Å². The number of rotatable bonds is 6. The number of amides is 2. The molecule has 0 radical (unpaired) electrons. The largest absolute Gasteiger partial charge is 0.333 e. The summed E-state index contributed by atoms with van der Waals surface area (Å²) < 4.78 is 2.91. The molecule has 1 atom stereocenters. The third-order valence-corrected chi connectivity index (χ3v) is 6.13. The first kappa shape index (κ1) is 17.7. The lowest BCUT2D eigenvalue weighted by Gasteiger charge is -2.15. The highest BCUT2D eigenvalue weighted by Gasteiger charge is 2.34. The number of nitrogens with one attached hydrogen (secondary N) is 1. The second-order valence-electron chi connectivity index (χ2n) is 7.19. The number of aromatic nitrogens is 4. The Morgan fingerprint density at radius 3 is 2.88 bits per heavy atom. The molecule has 1 saturated carbocycles. The highest BCUT2D eigenvalue weighted by Crippen LogP contribution is 2.34. The molecule has 0 spiro atoms. The van der Waals surface area contributed by atoms with Gasteiger partial charge in [0.2, 0.25) is 0 Å². The van der Waals surface area contributed by atoms with Crippen LogP contribution in [0.15, 0.2) is 12.1 Å². The summed E-state index contributed by atoms with van der Waals surface area (Å²) in [6, 6.07) is 4.32. The van der Waals surface area contributed by atoms with E-state index in [9.17, 15) is 4.79 Å². The van der Waals surface area contributed by atoms with Crippen LogP contribution in [0.4, 0.5) is 4.79 Å². The zero-order valence-electron chi connectivity index (χ0n) is 15.1. The summed E-state index contributed by atoms with van der Waals surface area (Å²) in [5, 5.41) is 11.6. The minimum atomic E-state index is 0.00705. The van der Waals surface area contributed by atoms with Gasteiger partial charge in [0.1, 0.15) is 5.69 Å². The van der Waals surface area contributed by atoms with Crippen molar-refractivity contribution in [2.24, 2.45) is 13.0 Å². The molecular weight excluding hydrogens is 443 g/mol. The van der Waals surface area contributed by atoms with Gasteiger partial charge in [-0.25, -0.2) is 14.5 Å². The predicted molar refractivity (Wildman–Crippen MR) is 106 cm³/mol. The maximum Gasteiger partial charge on any atom is 0.318 e. The number of nitrogens with zero attached hydrogens (tertiary/aromatic N) is 5. The summed E-state index contributed by atoms with van der Waals surface area (Å²) in [6.45, 7) is 3.35. The Morgan fingerprint density at radius 1 is 1.35 bits per heavy atom. The van der Waals surface area contributed by atoms with E-state index >= 15 is 0 Å². The SMILES string of the molecule is CCc1nc(-c2nnn(C)c2CN2CC(CC3CC3)NC2=O)ccc1I. The van der Waals surface area contributed by atoms with Crippen molar-refractivity contribution in [3.8, 4) is 11.4 Å². The molecule has 7 nitrogen and oxygen atoms in total. The highest BCUT2D eigenvalue weighted by molar-refractivity contribution is 14.1. The molecular formula is C18H23IN6O. The lowest BCUT2D eigenvalue weighted by molar-refractivity contribution is 0.214. The van der Waals surface area contributed by atoms with Crippen LogP contribution in [0.1, 0.15) is 37.6 Å². The summed E-state index contributed by atoms with van der Waals surface area (Å²) >= 11 is 2.30. The molecule has 2 aliphatic rings. The molecule has 2 amide bonds. The summed E-state index contributed by atoms with van der Waals surface area (Å²) in [6.07, 6.45) is 4.58. The van der Waals surface area contributed by atoms with Gasteiger partial charge in [-0.2, -0.15) is 0 Å². The average Bonchev–Trinajstić information content (AvgIpc) is 3.27. The maximum absolute atomic E-state index is 12.4. The predicted octanol–water partition coefficient (Wildman–Crippen LogP) is 2.74. The number of carbonyl (C=O) groups excluding carboxylic acids is 1. The molecule has 0 aromatic carbocycles. The number of halogens is 1. The number of aryl methyl sites for hydroxylation is 2. The normalized spacial score (nSPS) is 19.9. The molecule has 3 heterocycles. The summed E-state index contributed by atoms with van der Waals surface area (Å²) in [5.74, 6) is 0.803. The topological polar surface area (TPSA) is 75.9 Å². The zero-order chi connectivity index (χ0) is 18.3. The van der Waals surface area contributed by atoms with E-state index in [1.54, 1.807) is 4.68 Å². The summed E-state index contributed by atoms with van der Waals surface area (Å²) in [5.41, 5.74) is 3.56. The molecule has 2 fully saturated rings. The van der Waals surface area contributed by atoms with Crippen molar-refractivity contribution >= 4 is 28.6 Å². The molecule has 8 heteroatoms. The van der Waals surface area contributed by atoms with E-state index in [2.05, 4.69) is 51.2 Å². The smallest absolute Gasteiger partial charge is 0.318 e. The molecule has 1 saturated heterocycles. The van der Waals surface area contributed by atoms with Crippen LogP contribution in [0.3, 0.4) is 0 Å². The van der Waals surface area contributed by atoms with E-state index in [0.29, 0.717) is 6.54 Å². The fourth-order valence-corrected chi connectivity index (χ4v) is 4.17. The van der Waals surface area contributed by atoms with Crippen LogP contribution in [0, 0.1) is 9.49 Å². The Labute approximate surface area is 166 Å². The maximum atomic E-state index is 12.4. The standard InChI is InChI=1S/C18H23IN6O/c1-3-14-13(19)6-7-15(21-14)17-16(24(2)23-22-17)10-25-9-12(20-18(25)26)8-11-4-5-11/h6-7,11-12H,3-5,8-10H2,1-2H3,(H,20,26). The van der Waals surface area contributed by atoms with Gasteiger partial charge in [-0.3, -0.25) is 0 Å². The fraction of sp³-hybridized carbons (Fsp3) is 0.556. The summed E-state index contributed by atoms with van der Waals surface area (Å²) in [7, 11) is 1.87. The molecule has 138 valence electrons. The molecule has 26 heavy (non-hydrogen) atoms. The van der Waals surface area contributed by atoms with Gasteiger partial charge < -0.3 is 10.2 Å². The van der Waals surface area contributed by atoms with Gasteiger partial charge in [0.05, 0.1) is 23.6 Å². The van der Waals surface area contributed by atoms with Crippen molar-refractivity contribution in [2.75, 3.05) is 6.54 Å². The van der Waals surface area contributed by atoms with Gasteiger partial charge in [-0.1, -0.05) is 25.0 Å². The van der Waals surface area contributed by atoms with E-state index in [0.717, 1.165) is 51.7 Å². The highest BCUT2D eigenvalue weighted by atomic mass is 127. The third kappa shape index (κ3) is 3.56. The molecule has 2 aromatic rings. The molecule has 1 aliphatic carbocycles. The number of pyridine rings is 1. The Kier molecular flexibility index (Phi) is 4.85. The number of urea groups is 1. The lowest BCUT2D eigenvalue weighted by Crippen LogP contribution is -2.29. The van der Waals surface area contributed by atoms with Crippen molar-refractivity contribution in [1.29, 1.82) is 0 Å².